The molecule has 0 aliphatic carbocycles. The lowest BCUT2D eigenvalue weighted by atomic mass is 9.94. The third-order valence-corrected chi connectivity index (χ3v) is 19.4. The van der Waals surface area contributed by atoms with Crippen LogP contribution < -0.4 is 20.4 Å². The zero-order valence-corrected chi connectivity index (χ0v) is 54.6. The van der Waals surface area contributed by atoms with E-state index in [2.05, 4.69) is 30.4 Å². The molecule has 24 nitrogen and oxygen atoms in total. The van der Waals surface area contributed by atoms with E-state index >= 15 is 0 Å². The van der Waals surface area contributed by atoms with Gasteiger partial charge in [-0.1, -0.05) is 60.1 Å². The number of nitrogens with one attached hydrogen (secondary N) is 2. The first-order chi connectivity index (χ1) is 46.0. The van der Waals surface area contributed by atoms with Crippen LogP contribution in [0.3, 0.4) is 0 Å². The molecule has 4 aromatic carbocycles. The zero-order valence-electron chi connectivity index (χ0n) is 52.2. The van der Waals surface area contributed by atoms with Crippen molar-refractivity contribution in [3.8, 4) is 0 Å². The number of amides is 4. The van der Waals surface area contributed by atoms with E-state index in [0.29, 0.717) is 120 Å². The van der Waals surface area contributed by atoms with Gasteiger partial charge in [-0.05, 0) is 72.0 Å². The summed E-state index contributed by atoms with van der Waals surface area (Å²) in [6.07, 6.45) is 4.21. The number of halogens is 3. The van der Waals surface area contributed by atoms with Gasteiger partial charge in [-0.15, -0.1) is 22.7 Å². The molecule has 12 rings (SSSR count). The topological polar surface area (TPSA) is 274 Å². The molecular formula is C66H69ClF2N12O12S2. The largest absolute Gasteiger partial charge is 0.481 e. The second-order valence-electron chi connectivity index (χ2n) is 23.1. The van der Waals surface area contributed by atoms with Gasteiger partial charge in [-0.3, -0.25) is 39.2 Å². The Kier molecular flexibility index (Phi) is 21.4. The smallest absolute Gasteiger partial charge is 0.338 e. The van der Waals surface area contributed by atoms with E-state index in [9.17, 15) is 37.5 Å². The van der Waals surface area contributed by atoms with Crippen molar-refractivity contribution in [3.05, 3.63) is 186 Å². The van der Waals surface area contributed by atoms with E-state index < -0.39 is 47.6 Å². The van der Waals surface area contributed by atoms with Crippen LogP contribution in [0, 0.1) is 11.6 Å². The number of ether oxygens (including phenoxy) is 4. The number of fused-ring (bicyclic) bond motifs is 2. The summed E-state index contributed by atoms with van der Waals surface area (Å²) < 4.78 is 50.2. The van der Waals surface area contributed by atoms with Crippen molar-refractivity contribution in [2.75, 3.05) is 104 Å². The van der Waals surface area contributed by atoms with Crippen molar-refractivity contribution in [2.24, 2.45) is 9.98 Å². The predicted octanol–water partition coefficient (Wildman–Crippen LogP) is 7.57. The third-order valence-electron chi connectivity index (χ3n) is 17.5. The monoisotopic (exact) mass is 1360 g/mol. The molecule has 95 heavy (non-hydrogen) atoms. The van der Waals surface area contributed by atoms with Crippen LogP contribution in [0.1, 0.15) is 57.2 Å². The van der Waals surface area contributed by atoms with Crippen LogP contribution in [0.5, 0.6) is 0 Å². The van der Waals surface area contributed by atoms with Crippen molar-refractivity contribution in [2.45, 2.75) is 61.9 Å². The fourth-order valence-corrected chi connectivity index (χ4v) is 14.3. The van der Waals surface area contributed by atoms with Gasteiger partial charge in [0.2, 0.25) is 0 Å². The summed E-state index contributed by atoms with van der Waals surface area (Å²) in [5.41, 5.74) is 5.75. The number of nitrogens with zero attached hydrogens (tertiary/aromatic N) is 10. The molecule has 6 atom stereocenters. The molecule has 6 aromatic rings. The third kappa shape index (κ3) is 14.8. The molecule has 0 unspecified atom stereocenters. The van der Waals surface area contributed by atoms with Crippen molar-refractivity contribution < 1.29 is 66.7 Å². The lowest BCUT2D eigenvalue weighted by Crippen LogP contribution is -2.61. The first-order valence-electron chi connectivity index (χ1n) is 30.5. The number of piperazine rings is 2. The van der Waals surface area contributed by atoms with Crippen molar-refractivity contribution in [1.82, 2.24) is 40.2 Å². The molecule has 6 aliphatic rings. The van der Waals surface area contributed by atoms with Crippen LogP contribution >= 0.6 is 34.3 Å². The number of urea groups is 2. The Balaban J connectivity index is 0.000000193. The number of hydrogen-bond acceptors (Lipinski definition) is 20. The van der Waals surface area contributed by atoms with Crippen LogP contribution in [0.4, 0.5) is 29.7 Å². The highest BCUT2D eigenvalue weighted by Crippen LogP contribution is 2.40. The summed E-state index contributed by atoms with van der Waals surface area (Å²) in [5, 5.41) is 30.1. The molecule has 29 heteroatoms. The molecule has 4 N–H and O–H groups in total. The average Bonchev–Trinajstić information content (AvgIpc) is 1.76. The summed E-state index contributed by atoms with van der Waals surface area (Å²) in [6, 6.07) is 22.7. The summed E-state index contributed by atoms with van der Waals surface area (Å²) in [7, 11) is 5.83. The number of aliphatic carboxylic acids is 2. The van der Waals surface area contributed by atoms with E-state index in [1.54, 1.807) is 47.9 Å². The number of aromatic nitrogens is 2. The number of rotatable bonds is 22. The number of carbonyl (C=O) groups is 6. The maximum absolute atomic E-state index is 14.5. The number of methoxy groups -OCH3 is 4. The number of amidine groups is 2. The Labute approximate surface area is 558 Å². The van der Waals surface area contributed by atoms with Gasteiger partial charge >= 0.3 is 35.9 Å². The van der Waals surface area contributed by atoms with Gasteiger partial charge in [0.15, 0.2) is 33.3 Å². The van der Waals surface area contributed by atoms with E-state index in [-0.39, 0.29) is 73.4 Å². The SMILES string of the molecule is COC[C@@H]1[C@H]2CN(c3ccc(CCC(=O)O)cc3)C(=O)N2CCN1CC1=C(C(=O)OC)[C@H](c2ccc(F)c(F)c2)N=C(c2nccs2)N1.COC[C@@H]1[C@H]2CN(c3ccc(CCC(=O)O)cc3)C(=O)N2CCN1CC1=C(C(=O)OC)[C@H](c2ccccc2Cl)N=C(c2nccs2)N1. The highest BCUT2D eigenvalue weighted by Gasteiger charge is 2.50. The van der Waals surface area contributed by atoms with Crippen molar-refractivity contribution >= 4 is 93.3 Å². The summed E-state index contributed by atoms with van der Waals surface area (Å²) in [6.45, 7) is 3.92. The number of benzene rings is 4. The maximum Gasteiger partial charge on any atom is 0.338 e. The fourth-order valence-electron chi connectivity index (χ4n) is 12.9. The van der Waals surface area contributed by atoms with Gasteiger partial charge in [-0.2, -0.15) is 0 Å². The van der Waals surface area contributed by atoms with Gasteiger partial charge in [0.25, 0.3) is 0 Å². The summed E-state index contributed by atoms with van der Waals surface area (Å²) >= 11 is 9.42. The Hall–Kier alpha value is -9.03. The minimum absolute atomic E-state index is 0.0219. The van der Waals surface area contributed by atoms with Gasteiger partial charge in [0, 0.05) is 136 Å². The van der Waals surface area contributed by atoms with E-state index in [4.69, 9.17) is 50.7 Å². The Morgan fingerprint density at radius 2 is 1.07 bits per heavy atom. The lowest BCUT2D eigenvalue weighted by molar-refractivity contribution is -0.138. The summed E-state index contributed by atoms with van der Waals surface area (Å²) in [5.74, 6) is -4.09. The summed E-state index contributed by atoms with van der Waals surface area (Å²) in [4.78, 5) is 106. The van der Waals surface area contributed by atoms with Gasteiger partial charge < -0.3 is 49.6 Å². The molecule has 0 saturated carbocycles. The fraction of sp³-hybridized carbons (Fsp3) is 0.364. The Morgan fingerprint density at radius 3 is 1.49 bits per heavy atom. The molecule has 8 heterocycles. The average molecular weight is 1360 g/mol. The second kappa shape index (κ2) is 30.1. The van der Waals surface area contributed by atoms with Crippen LogP contribution in [0.15, 0.2) is 147 Å². The lowest BCUT2D eigenvalue weighted by Gasteiger charge is -2.44. The molecule has 0 radical (unpaired) electrons. The number of aliphatic imine (C=N–C) groups is 2. The van der Waals surface area contributed by atoms with Crippen LogP contribution in [-0.2, 0) is 51.0 Å². The Bertz CT molecular complexity index is 3960. The maximum atomic E-state index is 14.5. The molecule has 4 fully saturated rings. The molecule has 4 saturated heterocycles. The van der Waals surface area contributed by atoms with Gasteiger partial charge in [-0.25, -0.2) is 37.9 Å². The molecule has 0 spiro atoms. The normalized spacial score (nSPS) is 21.3. The van der Waals surface area contributed by atoms with Gasteiger partial charge in [0.1, 0.15) is 12.1 Å². The van der Waals surface area contributed by atoms with Crippen LogP contribution in [-0.4, -0.2) is 206 Å². The number of carboxylic acid groups (broad SMARTS) is 2. The zero-order chi connectivity index (χ0) is 67.0. The predicted molar refractivity (Wildman–Crippen MR) is 351 cm³/mol. The van der Waals surface area contributed by atoms with Gasteiger partial charge in [0.05, 0.1) is 62.7 Å². The standard InChI is InChI=1S/C33H35ClN6O6S.C33H34F2N6O6S/c1-45-19-26-25-18-40(21-10-7-20(8-11-21)9-12-27(41)42)33(44)39(25)15-14-38(26)17-24-28(32(43)46-2)29(22-5-3-4-6-23(22)34)37-30(36-24)31-35-13-16-47-31;1-46-18-26-25-17-41(21-7-3-19(4-8-21)5-10-27(42)43)33(45)40(25)13-12-39(26)16-24-28(32(44)47-2)29(20-6-9-22(34)23(35)15-20)38-30(37-24)31-36-11-14-48-31/h3-8,10-11,13,16,25-26,29H,9,12,14-15,17-19H2,1-2H3,(H,36,37)(H,41,42);3-4,6-9,11,14-15,25-26,29H,5,10,12-13,16-18H2,1-2H3,(H,37,38)(H,42,43)/t2*25-,26-,29+/m11/s1. The van der Waals surface area contributed by atoms with Crippen LogP contribution in [0.2, 0.25) is 5.02 Å². The van der Waals surface area contributed by atoms with E-state index in [1.165, 1.54) is 43.0 Å². The number of esters is 2. The first-order valence-corrected chi connectivity index (χ1v) is 32.7. The minimum atomic E-state index is -1.07. The van der Waals surface area contributed by atoms with Crippen molar-refractivity contribution in [3.63, 3.8) is 0 Å². The number of aryl methyl sites for hydroxylation is 2. The molecule has 0 bridgehead atoms. The number of carboxylic acids is 2. The molecule has 4 amide bonds. The van der Waals surface area contributed by atoms with E-state index in [1.807, 2.05) is 81.9 Å². The molecule has 498 valence electrons. The highest BCUT2D eigenvalue weighted by molar-refractivity contribution is 7.12. The van der Waals surface area contributed by atoms with Crippen LogP contribution in [0.25, 0.3) is 0 Å². The van der Waals surface area contributed by atoms with E-state index in [0.717, 1.165) is 28.9 Å². The first kappa shape index (κ1) is 67.4. The molecule has 2 aromatic heterocycles. The van der Waals surface area contributed by atoms with Crippen molar-refractivity contribution in [1.29, 1.82) is 0 Å². The number of carbonyl (C=O) groups excluding carboxylic acids is 4. The number of anilines is 2. The molecule has 6 aliphatic heterocycles. The second-order valence-corrected chi connectivity index (χ2v) is 25.3. The number of hydrogen-bond donors (Lipinski definition) is 4. The number of thiazole rings is 2. The quantitative estimate of drug-likeness (QED) is 0.0477. The Morgan fingerprint density at radius 1 is 0.611 bits per heavy atom. The highest BCUT2D eigenvalue weighted by atomic mass is 35.5. The molecular weight excluding hydrogens is 1290 g/mol. The minimum Gasteiger partial charge on any atom is -0.481 e.